The Morgan fingerprint density at radius 3 is 2.44 bits per heavy atom. The summed E-state index contributed by atoms with van der Waals surface area (Å²) in [4.78, 5) is 46.3. The Kier molecular flexibility index (Phi) is 8.19. The van der Waals surface area contributed by atoms with Gasteiger partial charge in [-0.2, -0.15) is 0 Å². The minimum atomic E-state index is -0.835. The highest BCUT2D eigenvalue weighted by Crippen LogP contribution is 2.39. The van der Waals surface area contributed by atoms with Gasteiger partial charge in [0.2, 0.25) is 5.91 Å². The van der Waals surface area contributed by atoms with E-state index in [1.54, 1.807) is 41.3 Å². The molecule has 10 nitrogen and oxygen atoms in total. The molecule has 1 atom stereocenters. The fourth-order valence-corrected chi connectivity index (χ4v) is 5.77. The van der Waals surface area contributed by atoms with E-state index in [9.17, 15) is 14.4 Å². The van der Waals surface area contributed by atoms with Crippen LogP contribution >= 0.6 is 11.6 Å². The summed E-state index contributed by atoms with van der Waals surface area (Å²) in [6.45, 7) is 13.0. The molecule has 11 heteroatoms. The zero-order valence-corrected chi connectivity index (χ0v) is 24.7. The summed E-state index contributed by atoms with van der Waals surface area (Å²) in [5.41, 5.74) is -0.0256. The van der Waals surface area contributed by atoms with Gasteiger partial charge in [-0.25, -0.2) is 9.78 Å². The first kappa shape index (κ1) is 29.1. The minimum absolute atomic E-state index is 0.00756. The topological polar surface area (TPSA) is 103 Å². The van der Waals surface area contributed by atoms with Crippen LogP contribution in [0.3, 0.4) is 0 Å². The normalized spacial score (nSPS) is 19.4. The predicted octanol–water partition coefficient (Wildman–Crippen LogP) is 4.16. The van der Waals surface area contributed by atoms with Gasteiger partial charge < -0.3 is 28.6 Å². The third kappa shape index (κ3) is 5.87. The standard InChI is InChI=1S/C28H39ClN4O6/c1-8-37-28(10-13-32(14-11-28)18(3)34)21-15-20-22(31(7)25(21)35)23(17(2)30-24(20)29)38-19-9-12-33(16-19)26(36)39-27(4,5)6/h15,19H,8-14,16H2,1-7H3/t19-/m1/s1. The van der Waals surface area contributed by atoms with Crippen LogP contribution in [0.4, 0.5) is 4.79 Å². The number of nitrogens with zero attached hydrogens (tertiary/aromatic N) is 4. The number of aromatic nitrogens is 2. The Labute approximate surface area is 234 Å². The van der Waals surface area contributed by atoms with Crippen LogP contribution in [-0.4, -0.2) is 75.8 Å². The van der Waals surface area contributed by atoms with Gasteiger partial charge >= 0.3 is 6.09 Å². The molecular formula is C28H39ClN4O6. The summed E-state index contributed by atoms with van der Waals surface area (Å²) in [5, 5.41) is 0.853. The molecule has 0 unspecified atom stereocenters. The van der Waals surface area contributed by atoms with Crippen molar-refractivity contribution in [3.05, 3.63) is 32.8 Å². The number of halogens is 1. The van der Waals surface area contributed by atoms with E-state index in [1.807, 2.05) is 27.7 Å². The zero-order valence-electron chi connectivity index (χ0n) is 23.9. The van der Waals surface area contributed by atoms with Gasteiger partial charge in [-0.15, -0.1) is 0 Å². The molecule has 0 radical (unpaired) electrons. The number of rotatable bonds is 5. The van der Waals surface area contributed by atoms with Gasteiger partial charge in [0.05, 0.1) is 23.3 Å². The second kappa shape index (κ2) is 11.0. The predicted molar refractivity (Wildman–Crippen MR) is 148 cm³/mol. The average Bonchev–Trinajstić information content (AvgIpc) is 3.32. The van der Waals surface area contributed by atoms with Crippen molar-refractivity contribution in [3.63, 3.8) is 0 Å². The molecule has 2 aliphatic heterocycles. The van der Waals surface area contributed by atoms with Crippen LogP contribution in [0.2, 0.25) is 5.15 Å². The smallest absolute Gasteiger partial charge is 0.410 e. The summed E-state index contributed by atoms with van der Waals surface area (Å²) >= 11 is 6.65. The second-order valence-electron chi connectivity index (χ2n) is 11.4. The van der Waals surface area contributed by atoms with Crippen LogP contribution in [0, 0.1) is 6.92 Å². The summed E-state index contributed by atoms with van der Waals surface area (Å²) < 4.78 is 19.7. The van der Waals surface area contributed by atoms with E-state index in [0.29, 0.717) is 80.0 Å². The molecular weight excluding hydrogens is 524 g/mol. The molecule has 4 heterocycles. The van der Waals surface area contributed by atoms with E-state index in [4.69, 9.17) is 25.8 Å². The van der Waals surface area contributed by atoms with Crippen LogP contribution in [0.25, 0.3) is 10.9 Å². The lowest BCUT2D eigenvalue weighted by Crippen LogP contribution is -2.48. The van der Waals surface area contributed by atoms with Crippen molar-refractivity contribution in [3.8, 4) is 5.75 Å². The highest BCUT2D eigenvalue weighted by Gasteiger charge is 2.41. The molecule has 2 aliphatic rings. The average molecular weight is 563 g/mol. The largest absolute Gasteiger partial charge is 0.484 e. The van der Waals surface area contributed by atoms with Crippen LogP contribution in [-0.2, 0) is 26.9 Å². The van der Waals surface area contributed by atoms with Crippen LogP contribution in [0.1, 0.15) is 65.1 Å². The SMILES string of the molecule is CCOC1(c2cc3c(Cl)nc(C)c(O[C@@H]4CCN(C(=O)OC(C)(C)C)C4)c3n(C)c2=O)CCN(C(C)=O)CC1. The van der Waals surface area contributed by atoms with Gasteiger partial charge in [-0.1, -0.05) is 11.6 Å². The van der Waals surface area contributed by atoms with Crippen molar-refractivity contribution in [1.29, 1.82) is 0 Å². The lowest BCUT2D eigenvalue weighted by Gasteiger charge is -2.41. The fourth-order valence-electron chi connectivity index (χ4n) is 5.50. The number of hydrogen-bond acceptors (Lipinski definition) is 7. The third-order valence-electron chi connectivity index (χ3n) is 7.46. The quantitative estimate of drug-likeness (QED) is 0.504. The summed E-state index contributed by atoms with van der Waals surface area (Å²) in [7, 11) is 1.70. The highest BCUT2D eigenvalue weighted by molar-refractivity contribution is 6.34. The number of hydrogen-bond donors (Lipinski definition) is 0. The summed E-state index contributed by atoms with van der Waals surface area (Å²) in [6.07, 6.45) is 0.963. The molecule has 0 saturated carbocycles. The highest BCUT2D eigenvalue weighted by atomic mass is 35.5. The van der Waals surface area contributed by atoms with Gasteiger partial charge in [-0.3, -0.25) is 9.59 Å². The van der Waals surface area contributed by atoms with Crippen LogP contribution < -0.4 is 10.3 Å². The Morgan fingerprint density at radius 1 is 1.18 bits per heavy atom. The molecule has 0 aliphatic carbocycles. The molecule has 2 fully saturated rings. The molecule has 0 aromatic carbocycles. The van der Waals surface area contributed by atoms with Crippen molar-refractivity contribution in [2.24, 2.45) is 7.05 Å². The van der Waals surface area contributed by atoms with Gasteiger partial charge in [0, 0.05) is 52.0 Å². The molecule has 0 N–H and O–H groups in total. The minimum Gasteiger partial charge on any atom is -0.484 e. The molecule has 0 bridgehead atoms. The first-order valence-electron chi connectivity index (χ1n) is 13.5. The Balaban J connectivity index is 1.70. The number of carbonyl (C=O) groups excluding carboxylic acids is 2. The number of ether oxygens (including phenoxy) is 3. The van der Waals surface area contributed by atoms with Gasteiger partial charge in [0.15, 0.2) is 5.75 Å². The number of pyridine rings is 2. The molecule has 2 aromatic rings. The summed E-state index contributed by atoms with van der Waals surface area (Å²) in [5.74, 6) is 0.474. The Hall–Kier alpha value is -2.85. The molecule has 39 heavy (non-hydrogen) atoms. The van der Waals surface area contributed by atoms with E-state index in [0.717, 1.165) is 0 Å². The van der Waals surface area contributed by atoms with Crippen molar-refractivity contribution in [1.82, 2.24) is 19.4 Å². The molecule has 4 rings (SSSR count). The van der Waals surface area contributed by atoms with E-state index < -0.39 is 11.2 Å². The lowest BCUT2D eigenvalue weighted by molar-refractivity contribution is -0.136. The molecule has 2 amide bonds. The number of piperidine rings is 1. The number of carbonyl (C=O) groups is 2. The zero-order chi connectivity index (χ0) is 28.7. The van der Waals surface area contributed by atoms with E-state index >= 15 is 0 Å². The van der Waals surface area contributed by atoms with Crippen molar-refractivity contribution in [2.75, 3.05) is 32.8 Å². The number of aryl methyl sites for hydroxylation is 2. The fraction of sp³-hybridized carbons (Fsp3) is 0.643. The maximum atomic E-state index is 13.9. The number of fused-ring (bicyclic) bond motifs is 1. The maximum absolute atomic E-state index is 13.9. The first-order chi connectivity index (χ1) is 18.3. The van der Waals surface area contributed by atoms with Gasteiger partial charge in [0.25, 0.3) is 5.56 Å². The molecule has 214 valence electrons. The molecule has 2 saturated heterocycles. The van der Waals surface area contributed by atoms with Gasteiger partial charge in [0.1, 0.15) is 22.5 Å². The Morgan fingerprint density at radius 2 is 1.85 bits per heavy atom. The molecule has 0 spiro atoms. The summed E-state index contributed by atoms with van der Waals surface area (Å²) in [6, 6.07) is 1.78. The number of likely N-dealkylation sites (tertiary alicyclic amines) is 2. The van der Waals surface area contributed by atoms with Crippen molar-refractivity contribution >= 4 is 34.5 Å². The monoisotopic (exact) mass is 562 g/mol. The maximum Gasteiger partial charge on any atom is 0.410 e. The Bertz CT molecular complexity index is 1330. The lowest BCUT2D eigenvalue weighted by atomic mass is 9.84. The third-order valence-corrected chi connectivity index (χ3v) is 7.74. The van der Waals surface area contributed by atoms with E-state index in [1.165, 1.54) is 0 Å². The van der Waals surface area contributed by atoms with Crippen molar-refractivity contribution < 1.29 is 23.8 Å². The van der Waals surface area contributed by atoms with Crippen LogP contribution in [0.5, 0.6) is 5.75 Å². The first-order valence-corrected chi connectivity index (χ1v) is 13.9. The van der Waals surface area contributed by atoms with Crippen LogP contribution in [0.15, 0.2) is 10.9 Å². The number of amides is 2. The second-order valence-corrected chi connectivity index (χ2v) is 11.7. The molecule has 2 aromatic heterocycles. The van der Waals surface area contributed by atoms with E-state index in [2.05, 4.69) is 4.98 Å². The van der Waals surface area contributed by atoms with E-state index in [-0.39, 0.29) is 28.8 Å². The van der Waals surface area contributed by atoms with Gasteiger partial charge in [-0.05, 0) is 53.5 Å². The van der Waals surface area contributed by atoms with Crippen molar-refractivity contribution in [2.45, 2.75) is 78.1 Å².